The van der Waals surface area contributed by atoms with Crippen molar-refractivity contribution in [1.29, 1.82) is 0 Å². The second-order valence-corrected chi connectivity index (χ2v) is 7.25. The molecule has 6 nitrogen and oxygen atoms in total. The minimum Gasteiger partial charge on any atom is -0.495 e. The molecule has 0 aliphatic carbocycles. The van der Waals surface area contributed by atoms with Crippen LogP contribution < -0.4 is 10.5 Å². The number of Topliss-reactive ketones (excluding diaryl/α,β-unsaturated/α-hetero) is 1. The van der Waals surface area contributed by atoms with Crippen molar-refractivity contribution in [3.63, 3.8) is 0 Å². The van der Waals surface area contributed by atoms with E-state index in [1.165, 1.54) is 24.6 Å². The summed E-state index contributed by atoms with van der Waals surface area (Å²) in [7, 11) is 1.47. The summed E-state index contributed by atoms with van der Waals surface area (Å²) in [5.41, 5.74) is 5.68. The topological polar surface area (TPSA) is 91.0 Å². The quantitative estimate of drug-likeness (QED) is 0.344. The summed E-state index contributed by atoms with van der Waals surface area (Å²) in [6.07, 6.45) is -1.44. The van der Waals surface area contributed by atoms with Crippen molar-refractivity contribution in [3.05, 3.63) is 40.0 Å². The summed E-state index contributed by atoms with van der Waals surface area (Å²) in [6.45, 7) is 0.366. The zero-order valence-corrected chi connectivity index (χ0v) is 16.5. The van der Waals surface area contributed by atoms with Crippen LogP contribution in [-0.2, 0) is 6.54 Å². The van der Waals surface area contributed by atoms with Crippen LogP contribution in [-0.4, -0.2) is 33.6 Å². The Labute approximate surface area is 168 Å². The lowest BCUT2D eigenvalue weighted by Crippen LogP contribution is -2.03. The van der Waals surface area contributed by atoms with Crippen LogP contribution >= 0.6 is 35.5 Å². The molecule has 3 aromatic heterocycles. The standard InChI is InChI=1S/C16H14F2N4O2S2.ClH/c1-24-8-4-10-14(20-6-8)21-15(13(17)18)22-16(10)25-7-11(23)12-3-2-9(5-19)26-12;/h2-4,6,13H,5,7,19H2,1H3;1H. The van der Waals surface area contributed by atoms with E-state index in [9.17, 15) is 13.6 Å². The number of thiophene rings is 1. The Morgan fingerprint density at radius 3 is 2.78 bits per heavy atom. The van der Waals surface area contributed by atoms with Crippen LogP contribution in [0.3, 0.4) is 0 Å². The number of ketones is 1. The minimum absolute atomic E-state index is 0. The molecular weight excluding hydrogens is 418 g/mol. The molecule has 0 atom stereocenters. The van der Waals surface area contributed by atoms with Crippen LogP contribution in [0.25, 0.3) is 11.0 Å². The Balaban J connectivity index is 0.00000261. The molecule has 3 aromatic rings. The average molecular weight is 433 g/mol. The molecule has 27 heavy (non-hydrogen) atoms. The summed E-state index contributed by atoms with van der Waals surface area (Å²) in [6, 6.07) is 5.12. The fourth-order valence-corrected chi connectivity index (χ4v) is 3.95. The maximum atomic E-state index is 13.1. The maximum absolute atomic E-state index is 13.1. The third-order valence-corrected chi connectivity index (χ3v) is 5.56. The van der Waals surface area contributed by atoms with Crippen LogP contribution in [0.2, 0.25) is 0 Å². The molecule has 0 amide bonds. The van der Waals surface area contributed by atoms with E-state index >= 15 is 0 Å². The van der Waals surface area contributed by atoms with Gasteiger partial charge in [0, 0.05) is 11.4 Å². The lowest BCUT2D eigenvalue weighted by molar-refractivity contribution is 0.102. The smallest absolute Gasteiger partial charge is 0.297 e. The van der Waals surface area contributed by atoms with Crippen LogP contribution in [0.1, 0.15) is 26.8 Å². The molecule has 0 radical (unpaired) electrons. The largest absolute Gasteiger partial charge is 0.495 e. The van der Waals surface area contributed by atoms with Crippen molar-refractivity contribution in [2.45, 2.75) is 18.0 Å². The molecule has 0 aliphatic rings. The normalized spacial score (nSPS) is 10.9. The molecule has 0 saturated heterocycles. The maximum Gasteiger partial charge on any atom is 0.297 e. The summed E-state index contributed by atoms with van der Waals surface area (Å²) >= 11 is 2.39. The summed E-state index contributed by atoms with van der Waals surface area (Å²) in [4.78, 5) is 25.5. The number of alkyl halides is 2. The van der Waals surface area contributed by atoms with Gasteiger partial charge in [-0.3, -0.25) is 4.79 Å². The molecule has 0 spiro atoms. The van der Waals surface area contributed by atoms with Gasteiger partial charge in [-0.25, -0.2) is 23.7 Å². The molecule has 144 valence electrons. The molecule has 0 unspecified atom stereocenters. The predicted molar refractivity (Wildman–Crippen MR) is 103 cm³/mol. The van der Waals surface area contributed by atoms with E-state index in [1.54, 1.807) is 18.2 Å². The molecule has 0 saturated carbocycles. The van der Waals surface area contributed by atoms with Gasteiger partial charge in [0.1, 0.15) is 10.8 Å². The van der Waals surface area contributed by atoms with Crippen molar-refractivity contribution in [1.82, 2.24) is 15.0 Å². The average Bonchev–Trinajstić information content (AvgIpc) is 3.14. The first-order valence-electron chi connectivity index (χ1n) is 7.46. The molecule has 11 heteroatoms. The van der Waals surface area contributed by atoms with E-state index in [0.29, 0.717) is 22.6 Å². The molecule has 0 fully saturated rings. The van der Waals surface area contributed by atoms with Gasteiger partial charge < -0.3 is 10.5 Å². The Hall–Kier alpha value is -1.88. The lowest BCUT2D eigenvalue weighted by atomic mass is 10.3. The fourth-order valence-electron chi connectivity index (χ4n) is 2.14. The molecule has 3 heterocycles. The number of rotatable bonds is 7. The van der Waals surface area contributed by atoms with Gasteiger partial charge in [0.2, 0.25) is 0 Å². The molecule has 0 aliphatic heterocycles. The first-order valence-corrected chi connectivity index (χ1v) is 9.26. The Morgan fingerprint density at radius 1 is 1.37 bits per heavy atom. The zero-order valence-electron chi connectivity index (χ0n) is 14.0. The molecule has 2 N–H and O–H groups in total. The van der Waals surface area contributed by atoms with Crippen LogP contribution in [0.15, 0.2) is 29.4 Å². The van der Waals surface area contributed by atoms with Gasteiger partial charge in [-0.15, -0.1) is 23.7 Å². The highest BCUT2D eigenvalue weighted by Gasteiger charge is 2.18. The highest BCUT2D eigenvalue weighted by atomic mass is 35.5. The zero-order chi connectivity index (χ0) is 18.7. The van der Waals surface area contributed by atoms with Crippen molar-refractivity contribution >= 4 is 52.3 Å². The third-order valence-electron chi connectivity index (χ3n) is 3.42. The van der Waals surface area contributed by atoms with Crippen LogP contribution in [0, 0.1) is 0 Å². The second kappa shape index (κ2) is 9.36. The first-order chi connectivity index (χ1) is 12.5. The molecule has 0 bridgehead atoms. The highest BCUT2D eigenvalue weighted by Crippen LogP contribution is 2.30. The number of nitrogens with two attached hydrogens (primary N) is 1. The SMILES string of the molecule is COc1cnc2nc(C(F)F)nc(SCC(=O)c3ccc(CN)s3)c2c1.Cl. The van der Waals surface area contributed by atoms with Crippen molar-refractivity contribution < 1.29 is 18.3 Å². The third kappa shape index (κ3) is 4.89. The second-order valence-electron chi connectivity index (χ2n) is 5.12. The van der Waals surface area contributed by atoms with Gasteiger partial charge in [0.05, 0.1) is 29.3 Å². The van der Waals surface area contributed by atoms with E-state index in [1.807, 2.05) is 0 Å². The number of carbonyl (C=O) groups excluding carboxylic acids is 1. The Kier molecular flexibility index (Phi) is 7.42. The van der Waals surface area contributed by atoms with E-state index in [2.05, 4.69) is 15.0 Å². The highest BCUT2D eigenvalue weighted by molar-refractivity contribution is 8.00. The monoisotopic (exact) mass is 432 g/mol. The van der Waals surface area contributed by atoms with Crippen molar-refractivity contribution in [3.8, 4) is 5.75 Å². The summed E-state index contributed by atoms with van der Waals surface area (Å²) < 4.78 is 31.2. The van der Waals surface area contributed by atoms with Crippen molar-refractivity contribution in [2.75, 3.05) is 12.9 Å². The molecule has 3 rings (SSSR count). The number of pyridine rings is 1. The van der Waals surface area contributed by atoms with Gasteiger partial charge in [-0.2, -0.15) is 0 Å². The van der Waals surface area contributed by atoms with E-state index < -0.39 is 12.2 Å². The van der Waals surface area contributed by atoms with E-state index in [4.69, 9.17) is 10.5 Å². The van der Waals surface area contributed by atoms with Crippen LogP contribution in [0.5, 0.6) is 5.75 Å². The number of carbonyl (C=O) groups is 1. The van der Waals surface area contributed by atoms with Gasteiger partial charge in [0.25, 0.3) is 6.43 Å². The van der Waals surface area contributed by atoms with Crippen molar-refractivity contribution in [2.24, 2.45) is 5.73 Å². The van der Waals surface area contributed by atoms with Gasteiger partial charge in [0.15, 0.2) is 17.3 Å². The Bertz CT molecular complexity index is 955. The van der Waals surface area contributed by atoms with Gasteiger partial charge in [-0.05, 0) is 18.2 Å². The summed E-state index contributed by atoms with van der Waals surface area (Å²) in [5.74, 6) is -0.242. The first kappa shape index (κ1) is 21.4. The molecule has 0 aromatic carbocycles. The summed E-state index contributed by atoms with van der Waals surface area (Å²) in [5, 5.41) is 0.723. The number of fused-ring (bicyclic) bond motifs is 1. The molecular formula is C16H15ClF2N4O2S2. The van der Waals surface area contributed by atoms with Crippen LogP contribution in [0.4, 0.5) is 8.78 Å². The van der Waals surface area contributed by atoms with E-state index in [-0.39, 0.29) is 34.6 Å². The number of hydrogen-bond donors (Lipinski definition) is 1. The number of nitrogens with zero attached hydrogens (tertiary/aromatic N) is 3. The number of thioether (sulfide) groups is 1. The fraction of sp³-hybridized carbons (Fsp3) is 0.250. The Morgan fingerprint density at radius 2 is 2.15 bits per heavy atom. The number of ether oxygens (including phenoxy) is 1. The predicted octanol–water partition coefficient (Wildman–Crippen LogP) is 3.89. The van der Waals surface area contributed by atoms with E-state index in [0.717, 1.165) is 16.6 Å². The lowest BCUT2D eigenvalue weighted by Gasteiger charge is -2.08. The van der Waals surface area contributed by atoms with Gasteiger partial charge >= 0.3 is 0 Å². The number of hydrogen-bond acceptors (Lipinski definition) is 8. The number of methoxy groups -OCH3 is 1. The number of halogens is 3. The minimum atomic E-state index is -2.83. The number of aromatic nitrogens is 3. The van der Waals surface area contributed by atoms with Gasteiger partial charge in [-0.1, -0.05) is 11.8 Å².